The highest BCUT2D eigenvalue weighted by molar-refractivity contribution is 5.90. The number of nitriles is 1. The van der Waals surface area contributed by atoms with Gasteiger partial charge < -0.3 is 9.88 Å². The summed E-state index contributed by atoms with van der Waals surface area (Å²) in [6, 6.07) is 13.4. The maximum atomic E-state index is 9.11. The first-order chi connectivity index (χ1) is 12.5. The number of hydrogen-bond donors (Lipinski definition) is 1. The molecule has 1 N–H and O–H groups in total. The topological polar surface area (TPSA) is 84.4 Å². The van der Waals surface area contributed by atoms with E-state index < -0.39 is 0 Å². The van der Waals surface area contributed by atoms with Crippen molar-refractivity contribution < 1.29 is 0 Å². The van der Waals surface area contributed by atoms with Gasteiger partial charge in [0.25, 0.3) is 5.95 Å². The summed E-state index contributed by atoms with van der Waals surface area (Å²) < 4.78 is 3.68. The predicted octanol–water partition coefficient (Wildman–Crippen LogP) is 3.39. The van der Waals surface area contributed by atoms with Crippen LogP contribution in [-0.2, 0) is 7.05 Å². The van der Waals surface area contributed by atoms with Crippen LogP contribution >= 0.6 is 0 Å². The predicted molar refractivity (Wildman–Crippen MR) is 99.5 cm³/mol. The number of nitrogens with zero attached hydrogens (tertiary/aromatic N) is 6. The van der Waals surface area contributed by atoms with E-state index in [1.807, 2.05) is 55.9 Å². The van der Waals surface area contributed by atoms with Gasteiger partial charge in [-0.3, -0.25) is 0 Å². The summed E-state index contributed by atoms with van der Waals surface area (Å²) in [6.07, 6.45) is 1.95. The molecule has 0 aliphatic heterocycles. The van der Waals surface area contributed by atoms with Crippen LogP contribution in [0.2, 0.25) is 0 Å². The van der Waals surface area contributed by atoms with Crippen molar-refractivity contribution in [3.8, 4) is 12.0 Å². The molecule has 1 aromatic carbocycles. The Morgan fingerprint density at radius 1 is 1.12 bits per heavy atom. The molecule has 0 saturated carbocycles. The average molecular weight is 343 g/mol. The fourth-order valence-electron chi connectivity index (χ4n) is 2.95. The average Bonchev–Trinajstić information content (AvgIpc) is 3.17. The molecular weight excluding hydrogens is 326 g/mol. The second kappa shape index (κ2) is 6.01. The van der Waals surface area contributed by atoms with E-state index in [1.54, 1.807) is 16.8 Å². The molecule has 3 heterocycles. The molecule has 0 amide bonds. The molecule has 7 nitrogen and oxygen atoms in total. The molecule has 0 spiro atoms. The molecule has 26 heavy (non-hydrogen) atoms. The second-order valence-corrected chi connectivity index (χ2v) is 6.19. The Balaban J connectivity index is 1.88. The molecule has 4 aromatic rings. The summed E-state index contributed by atoms with van der Waals surface area (Å²) in [5.74, 6) is 1.18. The molecule has 0 atom stereocenters. The highest BCUT2D eigenvalue weighted by Gasteiger charge is 2.14. The van der Waals surface area contributed by atoms with Gasteiger partial charge in [-0.05, 0) is 44.2 Å². The molecular formula is C19H17N7. The Bertz CT molecular complexity index is 1160. The van der Waals surface area contributed by atoms with Crippen LogP contribution in [0.25, 0.3) is 17.0 Å². The monoisotopic (exact) mass is 343 g/mol. The van der Waals surface area contributed by atoms with Crippen LogP contribution in [0.4, 0.5) is 11.5 Å². The second-order valence-electron chi connectivity index (χ2n) is 6.19. The Hall–Kier alpha value is -3.66. The molecule has 128 valence electrons. The Kier molecular flexibility index (Phi) is 3.66. The summed E-state index contributed by atoms with van der Waals surface area (Å²) in [5.41, 5.74) is 4.07. The minimum Gasteiger partial charge on any atom is -0.339 e. The van der Waals surface area contributed by atoms with Crippen molar-refractivity contribution in [3.05, 3.63) is 59.5 Å². The van der Waals surface area contributed by atoms with Gasteiger partial charge in [0.1, 0.15) is 11.5 Å². The molecule has 0 saturated heterocycles. The number of nitrogens with one attached hydrogen (secondary N) is 1. The van der Waals surface area contributed by atoms with E-state index in [2.05, 4.69) is 21.5 Å². The summed E-state index contributed by atoms with van der Waals surface area (Å²) in [5, 5.41) is 17.8. The van der Waals surface area contributed by atoms with E-state index in [0.717, 1.165) is 28.1 Å². The van der Waals surface area contributed by atoms with Crippen molar-refractivity contribution >= 4 is 22.5 Å². The van der Waals surface area contributed by atoms with E-state index in [0.29, 0.717) is 17.3 Å². The van der Waals surface area contributed by atoms with Crippen molar-refractivity contribution in [3.63, 3.8) is 0 Å². The first-order valence-electron chi connectivity index (χ1n) is 8.19. The van der Waals surface area contributed by atoms with Gasteiger partial charge in [0.15, 0.2) is 0 Å². The number of aryl methyl sites for hydroxylation is 3. The normalized spacial score (nSPS) is 10.8. The summed E-state index contributed by atoms with van der Waals surface area (Å²) in [6.45, 7) is 3.92. The number of rotatable bonds is 3. The molecule has 0 radical (unpaired) electrons. The van der Waals surface area contributed by atoms with Crippen LogP contribution in [0.1, 0.15) is 17.0 Å². The highest BCUT2D eigenvalue weighted by atomic mass is 15.4. The zero-order chi connectivity index (χ0) is 18.3. The largest absolute Gasteiger partial charge is 0.339 e. The fourth-order valence-corrected chi connectivity index (χ4v) is 2.95. The maximum Gasteiger partial charge on any atom is 0.254 e. The van der Waals surface area contributed by atoms with E-state index >= 15 is 0 Å². The van der Waals surface area contributed by atoms with Gasteiger partial charge in [-0.25, -0.2) is 4.68 Å². The Labute approximate surface area is 150 Å². The minimum atomic E-state index is 0.504. The molecule has 0 fully saturated rings. The van der Waals surface area contributed by atoms with Crippen molar-refractivity contribution in [2.75, 3.05) is 5.32 Å². The molecule has 3 aromatic heterocycles. The first kappa shape index (κ1) is 15.8. The van der Waals surface area contributed by atoms with Crippen molar-refractivity contribution in [1.29, 1.82) is 5.26 Å². The van der Waals surface area contributed by atoms with Crippen LogP contribution in [0, 0.1) is 25.2 Å². The lowest BCUT2D eigenvalue weighted by Gasteiger charge is -2.10. The van der Waals surface area contributed by atoms with E-state index in [9.17, 15) is 0 Å². The highest BCUT2D eigenvalue weighted by Crippen LogP contribution is 2.26. The fraction of sp³-hybridized carbons (Fsp3) is 0.158. The number of hydrogen-bond acceptors (Lipinski definition) is 5. The summed E-state index contributed by atoms with van der Waals surface area (Å²) >= 11 is 0. The number of aromatic nitrogens is 5. The van der Waals surface area contributed by atoms with Gasteiger partial charge in [-0.1, -0.05) is 6.07 Å². The molecule has 0 aliphatic rings. The van der Waals surface area contributed by atoms with Crippen LogP contribution in [-0.4, -0.2) is 24.3 Å². The van der Waals surface area contributed by atoms with E-state index in [4.69, 9.17) is 10.2 Å². The quantitative estimate of drug-likeness (QED) is 0.616. The van der Waals surface area contributed by atoms with Crippen LogP contribution in [0.15, 0.2) is 42.6 Å². The lowest BCUT2D eigenvalue weighted by atomic mass is 10.2. The van der Waals surface area contributed by atoms with Gasteiger partial charge in [-0.15, -0.1) is 0 Å². The van der Waals surface area contributed by atoms with Gasteiger partial charge in [-0.2, -0.15) is 20.3 Å². The Morgan fingerprint density at radius 2 is 1.96 bits per heavy atom. The zero-order valence-electron chi connectivity index (χ0n) is 14.7. The van der Waals surface area contributed by atoms with Crippen LogP contribution < -0.4 is 5.32 Å². The number of anilines is 2. The maximum absolute atomic E-state index is 9.11. The van der Waals surface area contributed by atoms with E-state index in [1.165, 1.54) is 0 Å². The zero-order valence-corrected chi connectivity index (χ0v) is 14.7. The van der Waals surface area contributed by atoms with Gasteiger partial charge in [0, 0.05) is 24.6 Å². The minimum absolute atomic E-state index is 0.504. The van der Waals surface area contributed by atoms with Crippen LogP contribution in [0.5, 0.6) is 0 Å². The number of fused-ring (bicyclic) bond motifs is 1. The Morgan fingerprint density at radius 3 is 2.69 bits per heavy atom. The first-order valence-corrected chi connectivity index (χ1v) is 8.19. The lowest BCUT2D eigenvalue weighted by molar-refractivity contribution is 0.776. The summed E-state index contributed by atoms with van der Waals surface area (Å²) in [7, 11) is 1.94. The lowest BCUT2D eigenvalue weighted by Crippen LogP contribution is -2.08. The van der Waals surface area contributed by atoms with E-state index in [-0.39, 0.29) is 0 Å². The van der Waals surface area contributed by atoms with Gasteiger partial charge in [0.2, 0.25) is 0 Å². The van der Waals surface area contributed by atoms with Crippen LogP contribution in [0.3, 0.4) is 0 Å². The van der Waals surface area contributed by atoms with Gasteiger partial charge in [0.05, 0.1) is 22.7 Å². The third-order valence-electron chi connectivity index (χ3n) is 4.17. The van der Waals surface area contributed by atoms with Gasteiger partial charge >= 0.3 is 0 Å². The molecule has 4 rings (SSSR count). The molecule has 0 unspecified atom stereocenters. The summed E-state index contributed by atoms with van der Waals surface area (Å²) in [4.78, 5) is 9.37. The third-order valence-corrected chi connectivity index (χ3v) is 4.17. The molecule has 0 aliphatic carbocycles. The van der Waals surface area contributed by atoms with Crippen molar-refractivity contribution in [2.45, 2.75) is 13.8 Å². The molecule has 0 bridgehead atoms. The smallest absolute Gasteiger partial charge is 0.254 e. The van der Waals surface area contributed by atoms with Crippen molar-refractivity contribution in [1.82, 2.24) is 24.3 Å². The standard InChI is InChI=1S/C19H17N7/c1-12-9-13(2)26(24-12)19-22-17(16-7-8-25(3)18(16)23-19)21-15-6-4-5-14(10-15)11-20/h4-10H,1-3H3,(H,21,22,23). The van der Waals surface area contributed by atoms with Crippen molar-refractivity contribution in [2.24, 2.45) is 7.05 Å². The third kappa shape index (κ3) is 2.67. The SMILES string of the molecule is Cc1cc(C)n(-c2nc(Nc3cccc(C#N)c3)c3ccn(C)c3n2)n1. The molecule has 7 heteroatoms. The number of benzene rings is 1.